The second-order valence-electron chi connectivity index (χ2n) is 5.67. The number of hydrogen-bond acceptors (Lipinski definition) is 4. The van der Waals surface area contributed by atoms with Crippen molar-refractivity contribution >= 4 is 17.4 Å². The number of oxime groups is 1. The van der Waals surface area contributed by atoms with E-state index in [1.807, 2.05) is 25.1 Å². The van der Waals surface area contributed by atoms with E-state index in [0.29, 0.717) is 31.1 Å². The molecule has 6 heteroatoms. The topological polar surface area (TPSA) is 96.9 Å². The Morgan fingerprint density at radius 2 is 2.29 bits per heavy atom. The minimum atomic E-state index is -0.897. The lowest BCUT2D eigenvalue weighted by Gasteiger charge is -2.43. The number of amidine groups is 1. The van der Waals surface area contributed by atoms with Gasteiger partial charge in [0, 0.05) is 12.8 Å². The van der Waals surface area contributed by atoms with Crippen LogP contribution < -0.4 is 11.1 Å². The first-order valence-electron chi connectivity index (χ1n) is 6.89. The molecule has 2 rings (SSSR count). The number of benzene rings is 1. The van der Waals surface area contributed by atoms with E-state index >= 15 is 0 Å². The molecular weight excluding hydrogens is 270 g/mol. The van der Waals surface area contributed by atoms with E-state index in [1.54, 1.807) is 13.2 Å². The van der Waals surface area contributed by atoms with Gasteiger partial charge in [0.2, 0.25) is 5.91 Å². The summed E-state index contributed by atoms with van der Waals surface area (Å²) in [5.74, 6) is 0.132. The molecule has 6 nitrogen and oxygen atoms in total. The molecule has 0 radical (unpaired) electrons. The third-order valence-electron chi connectivity index (χ3n) is 3.92. The van der Waals surface area contributed by atoms with E-state index in [1.165, 1.54) is 0 Å². The molecule has 1 aliphatic rings. The van der Waals surface area contributed by atoms with Crippen molar-refractivity contribution in [2.75, 3.05) is 12.4 Å². The smallest absolute Gasteiger partial charge is 0.238 e. The number of rotatable bonds is 5. The van der Waals surface area contributed by atoms with Crippen LogP contribution in [-0.2, 0) is 16.1 Å². The second kappa shape index (κ2) is 6.13. The van der Waals surface area contributed by atoms with Crippen molar-refractivity contribution in [1.29, 1.82) is 0 Å². The average Bonchev–Trinajstić information content (AvgIpc) is 2.43. The van der Waals surface area contributed by atoms with Gasteiger partial charge >= 0.3 is 0 Å². The Hall–Kier alpha value is -2.08. The van der Waals surface area contributed by atoms with Gasteiger partial charge in [0.25, 0.3) is 0 Å². The van der Waals surface area contributed by atoms with E-state index in [2.05, 4.69) is 10.5 Å². The van der Waals surface area contributed by atoms with E-state index in [4.69, 9.17) is 15.7 Å². The predicted molar refractivity (Wildman–Crippen MR) is 80.0 cm³/mol. The fraction of sp³-hybridized carbons (Fsp3) is 0.467. The van der Waals surface area contributed by atoms with Crippen LogP contribution in [0.4, 0.5) is 5.69 Å². The van der Waals surface area contributed by atoms with Crippen molar-refractivity contribution in [3.05, 3.63) is 29.8 Å². The van der Waals surface area contributed by atoms with E-state index in [0.717, 1.165) is 5.56 Å². The summed E-state index contributed by atoms with van der Waals surface area (Å²) in [7, 11) is 1.62. The molecule has 1 aliphatic carbocycles. The van der Waals surface area contributed by atoms with Gasteiger partial charge in [0.1, 0.15) is 5.41 Å². The molecule has 1 aromatic carbocycles. The highest BCUT2D eigenvalue weighted by atomic mass is 16.5. The molecule has 0 spiro atoms. The molecule has 1 aromatic rings. The lowest BCUT2D eigenvalue weighted by atomic mass is 9.61. The fourth-order valence-electron chi connectivity index (χ4n) is 2.89. The largest absolute Gasteiger partial charge is 0.409 e. The van der Waals surface area contributed by atoms with Crippen molar-refractivity contribution in [3.8, 4) is 0 Å². The third-order valence-corrected chi connectivity index (χ3v) is 3.92. The van der Waals surface area contributed by atoms with E-state index in [9.17, 15) is 4.79 Å². The molecule has 114 valence electrons. The predicted octanol–water partition coefficient (Wildman–Crippen LogP) is 1.93. The summed E-state index contributed by atoms with van der Waals surface area (Å²) in [4.78, 5) is 12.5. The Morgan fingerprint density at radius 3 is 2.86 bits per heavy atom. The van der Waals surface area contributed by atoms with Crippen LogP contribution in [0.5, 0.6) is 0 Å². The fourth-order valence-corrected chi connectivity index (χ4v) is 2.89. The Labute approximate surface area is 124 Å². The first kappa shape index (κ1) is 15.3. The molecule has 0 heterocycles. The van der Waals surface area contributed by atoms with Crippen LogP contribution in [0, 0.1) is 11.3 Å². The molecule has 0 aromatic heterocycles. The zero-order valence-electron chi connectivity index (χ0n) is 12.3. The summed E-state index contributed by atoms with van der Waals surface area (Å²) in [6, 6.07) is 7.43. The molecule has 0 aliphatic heterocycles. The van der Waals surface area contributed by atoms with Gasteiger partial charge in [-0.15, -0.1) is 0 Å². The highest BCUT2D eigenvalue weighted by molar-refractivity contribution is 6.12. The molecule has 1 amide bonds. The Balaban J connectivity index is 2.15. The summed E-state index contributed by atoms with van der Waals surface area (Å²) in [6.45, 7) is 2.52. The number of nitrogens with one attached hydrogen (secondary N) is 1. The zero-order valence-corrected chi connectivity index (χ0v) is 12.3. The number of amides is 1. The molecule has 1 saturated carbocycles. The standard InChI is InChI=1S/C15H21N3O3/c1-10-7-15(8-10,13(16)18-20)14(19)17-12-5-3-4-11(6-12)9-21-2/h3-6,10,20H,7-9H2,1-2H3,(H2,16,18)(H,17,19). The van der Waals surface area contributed by atoms with Gasteiger partial charge in [-0.3, -0.25) is 4.79 Å². The monoisotopic (exact) mass is 291 g/mol. The summed E-state index contributed by atoms with van der Waals surface area (Å²) >= 11 is 0. The van der Waals surface area contributed by atoms with Crippen LogP contribution in [0.25, 0.3) is 0 Å². The summed E-state index contributed by atoms with van der Waals surface area (Å²) in [5, 5.41) is 14.8. The number of nitrogens with two attached hydrogens (primary N) is 1. The molecule has 0 saturated heterocycles. The minimum Gasteiger partial charge on any atom is -0.409 e. The summed E-state index contributed by atoms with van der Waals surface area (Å²) < 4.78 is 5.07. The third kappa shape index (κ3) is 3.00. The maximum Gasteiger partial charge on any atom is 0.238 e. The molecule has 1 fully saturated rings. The molecule has 0 atom stereocenters. The van der Waals surface area contributed by atoms with Crippen LogP contribution in [0.3, 0.4) is 0 Å². The maximum atomic E-state index is 12.5. The quantitative estimate of drug-likeness (QED) is 0.334. The van der Waals surface area contributed by atoms with Crippen LogP contribution >= 0.6 is 0 Å². The van der Waals surface area contributed by atoms with Crippen LogP contribution in [-0.4, -0.2) is 24.1 Å². The van der Waals surface area contributed by atoms with Crippen molar-refractivity contribution in [3.63, 3.8) is 0 Å². The molecule has 21 heavy (non-hydrogen) atoms. The van der Waals surface area contributed by atoms with Crippen LogP contribution in [0.2, 0.25) is 0 Å². The highest BCUT2D eigenvalue weighted by Gasteiger charge is 2.52. The first-order chi connectivity index (χ1) is 10.0. The summed E-state index contributed by atoms with van der Waals surface area (Å²) in [6.07, 6.45) is 1.18. The summed E-state index contributed by atoms with van der Waals surface area (Å²) in [5.41, 5.74) is 6.48. The maximum absolute atomic E-state index is 12.5. The van der Waals surface area contributed by atoms with Crippen molar-refractivity contribution in [2.24, 2.45) is 22.2 Å². The lowest BCUT2D eigenvalue weighted by Crippen LogP contribution is -2.54. The molecule has 0 bridgehead atoms. The minimum absolute atomic E-state index is 0.0221. The van der Waals surface area contributed by atoms with E-state index < -0.39 is 5.41 Å². The average molecular weight is 291 g/mol. The van der Waals surface area contributed by atoms with Gasteiger partial charge < -0.3 is 21.0 Å². The van der Waals surface area contributed by atoms with Gasteiger partial charge in [0.15, 0.2) is 5.84 Å². The Morgan fingerprint density at radius 1 is 1.57 bits per heavy atom. The van der Waals surface area contributed by atoms with Gasteiger partial charge in [-0.2, -0.15) is 0 Å². The van der Waals surface area contributed by atoms with Crippen LogP contribution in [0.15, 0.2) is 29.4 Å². The number of nitrogens with zero attached hydrogens (tertiary/aromatic N) is 1. The lowest BCUT2D eigenvalue weighted by molar-refractivity contribution is -0.127. The Bertz CT molecular complexity index is 551. The van der Waals surface area contributed by atoms with E-state index in [-0.39, 0.29) is 11.7 Å². The van der Waals surface area contributed by atoms with Crippen molar-refractivity contribution in [2.45, 2.75) is 26.4 Å². The van der Waals surface area contributed by atoms with Gasteiger partial charge in [-0.25, -0.2) is 0 Å². The van der Waals surface area contributed by atoms with Gasteiger partial charge in [0.05, 0.1) is 6.61 Å². The first-order valence-corrected chi connectivity index (χ1v) is 6.89. The van der Waals surface area contributed by atoms with Crippen LogP contribution in [0.1, 0.15) is 25.3 Å². The normalized spacial score (nSPS) is 25.2. The molecule has 0 unspecified atom stereocenters. The van der Waals surface area contributed by atoms with Gasteiger partial charge in [-0.1, -0.05) is 24.2 Å². The second-order valence-corrected chi connectivity index (χ2v) is 5.67. The molecule has 4 N–H and O–H groups in total. The number of anilines is 1. The van der Waals surface area contributed by atoms with Gasteiger partial charge in [-0.05, 0) is 36.5 Å². The van der Waals surface area contributed by atoms with Crippen molar-refractivity contribution < 1.29 is 14.7 Å². The van der Waals surface area contributed by atoms with Crippen molar-refractivity contribution in [1.82, 2.24) is 0 Å². The zero-order chi connectivity index (χ0) is 15.5. The number of carbonyl (C=O) groups is 1. The number of methoxy groups -OCH3 is 1. The number of hydrogen-bond donors (Lipinski definition) is 3. The SMILES string of the molecule is COCc1cccc(NC(=O)C2(/C(N)=N/O)CC(C)C2)c1. The number of ether oxygens (including phenoxy) is 1. The highest BCUT2D eigenvalue weighted by Crippen LogP contribution is 2.46. The molecular formula is C15H21N3O3. The Kier molecular flexibility index (Phi) is 4.47. The number of carbonyl (C=O) groups excluding carboxylic acids is 1.